The maximum absolute atomic E-state index is 11.5. The fraction of sp³-hybridized carbons (Fsp3) is 0.947. The van der Waals surface area contributed by atoms with E-state index in [0.29, 0.717) is 16.6 Å². The van der Waals surface area contributed by atoms with Gasteiger partial charge in [0.15, 0.2) is 6.10 Å². The monoisotopic (exact) mass is 491 g/mol. The summed E-state index contributed by atoms with van der Waals surface area (Å²) in [6.07, 6.45) is -3.25. The van der Waals surface area contributed by atoms with Gasteiger partial charge in [-0.2, -0.15) is 0 Å². The molecule has 0 spiro atoms. The van der Waals surface area contributed by atoms with Gasteiger partial charge in [-0.25, -0.2) is 0 Å². The van der Waals surface area contributed by atoms with Crippen molar-refractivity contribution in [2.45, 2.75) is 106 Å². The molecule has 0 unspecified atom stereocenters. The number of rotatable bonds is 7. The molecule has 172 valence electrons. The first-order valence-electron chi connectivity index (χ1n) is 9.94. The van der Waals surface area contributed by atoms with Gasteiger partial charge in [-0.1, -0.05) is 76.3 Å². The van der Waals surface area contributed by atoms with Crippen molar-refractivity contribution in [2.75, 3.05) is 7.11 Å². The number of ether oxygens (including phenoxy) is 3. The summed E-state index contributed by atoms with van der Waals surface area (Å²) in [5, 5.41) is 19.3. The van der Waals surface area contributed by atoms with Crippen molar-refractivity contribution < 1.29 is 23.7 Å². The fourth-order valence-electron chi connectivity index (χ4n) is 4.73. The summed E-state index contributed by atoms with van der Waals surface area (Å²) in [7, 11) is -0.880. The Kier molecular flexibility index (Phi) is 9.37. The molecule has 5 atom stereocenters. The van der Waals surface area contributed by atoms with Crippen molar-refractivity contribution in [1.82, 2.24) is 0 Å². The highest BCUT2D eigenvalue weighted by molar-refractivity contribution is 6.77. The van der Waals surface area contributed by atoms with Crippen LogP contribution in [0.15, 0.2) is 0 Å². The molecule has 1 saturated heterocycles. The van der Waals surface area contributed by atoms with E-state index in [0.717, 1.165) is 0 Å². The molecule has 10 heteroatoms. The van der Waals surface area contributed by atoms with E-state index in [4.69, 9.17) is 58.8 Å². The number of halogens is 3. The summed E-state index contributed by atoms with van der Waals surface area (Å²) in [5.41, 5.74) is -0.462. The van der Waals surface area contributed by atoms with Crippen LogP contribution in [-0.2, 0) is 18.6 Å². The molecule has 0 aromatic carbocycles. The van der Waals surface area contributed by atoms with E-state index in [1.54, 1.807) is 13.8 Å². The van der Waals surface area contributed by atoms with E-state index in [1.807, 2.05) is 0 Å². The molecule has 1 aliphatic rings. The predicted octanol–water partition coefficient (Wildman–Crippen LogP) is 5.42. The number of hydrogen-bond acceptors (Lipinski definition) is 6. The number of hydrogen-bond donors (Lipinski definition) is 2. The van der Waals surface area contributed by atoms with Gasteiger partial charge in [0, 0.05) is 7.11 Å². The van der Waals surface area contributed by atoms with Crippen LogP contribution in [0, 0.1) is 5.41 Å². The van der Waals surface area contributed by atoms with Gasteiger partial charge in [-0.15, -0.1) is 0 Å². The van der Waals surface area contributed by atoms with E-state index in [2.05, 4.69) is 41.5 Å². The molecule has 0 amide bonds. The molecule has 2 N–H and O–H groups in total. The van der Waals surface area contributed by atoms with Crippen LogP contribution in [0.2, 0.25) is 16.6 Å². The van der Waals surface area contributed by atoms with Crippen molar-refractivity contribution in [3.05, 3.63) is 0 Å². The number of methoxy groups -OCH3 is 1. The molecule has 1 heterocycles. The van der Waals surface area contributed by atoms with Crippen LogP contribution in [0.3, 0.4) is 0 Å². The molecule has 0 bridgehead atoms. The molecule has 1 fully saturated rings. The van der Waals surface area contributed by atoms with Crippen LogP contribution < -0.4 is 0 Å². The maximum atomic E-state index is 11.5. The topological polar surface area (TPSA) is 81.0 Å². The summed E-state index contributed by atoms with van der Waals surface area (Å²) in [6, 6.07) is 0. The molecular weight excluding hydrogens is 457 g/mol. The molecular formula is C19H36Cl3NO5Si. The first kappa shape index (κ1) is 27.4. The van der Waals surface area contributed by atoms with Gasteiger partial charge in [-0.3, -0.25) is 5.41 Å². The second-order valence-corrected chi connectivity index (χ2v) is 16.6. The Morgan fingerprint density at radius 1 is 1.07 bits per heavy atom. The molecule has 0 aliphatic carbocycles. The average molecular weight is 493 g/mol. The standard InChI is InChI=1S/C19H36Cl3NO5Si/c1-10(2)29(11(3)4,12(5)6)28-14-13(7)26-16(15(25-9)18(14,8)24)27-17(23)19(20,21)22/h10-16,23-24H,1-9H3/t13-,14-,15-,16-,18+/m0/s1. The molecule has 0 radical (unpaired) electrons. The summed E-state index contributed by atoms with van der Waals surface area (Å²) < 4.78 is 21.7. The average Bonchev–Trinajstić information content (AvgIpc) is 2.52. The highest BCUT2D eigenvalue weighted by Gasteiger charge is 2.58. The number of nitrogens with one attached hydrogen (secondary N) is 1. The predicted molar refractivity (Wildman–Crippen MR) is 121 cm³/mol. The molecule has 6 nitrogen and oxygen atoms in total. The van der Waals surface area contributed by atoms with Crippen molar-refractivity contribution >= 4 is 49.0 Å². The molecule has 1 rings (SSSR count). The highest BCUT2D eigenvalue weighted by atomic mass is 35.6. The minimum atomic E-state index is -2.31. The van der Waals surface area contributed by atoms with Crippen LogP contribution in [-0.4, -0.2) is 60.4 Å². The Balaban J connectivity index is 3.28. The second-order valence-electron chi connectivity index (χ2n) is 8.89. The SMILES string of the molecule is CO[C@H]1[C@H](OC(=N)C(Cl)(Cl)Cl)O[C@@H](C)[C@H](O[Si](C(C)C)(C(C)C)C(C)C)[C@@]1(C)O. The largest absolute Gasteiger partial charge is 0.445 e. The lowest BCUT2D eigenvalue weighted by Crippen LogP contribution is -2.69. The van der Waals surface area contributed by atoms with Crippen LogP contribution in [0.4, 0.5) is 0 Å². The van der Waals surface area contributed by atoms with Gasteiger partial charge in [-0.05, 0) is 30.5 Å². The normalized spacial score (nSPS) is 31.6. The van der Waals surface area contributed by atoms with Gasteiger partial charge < -0.3 is 23.7 Å². The zero-order chi connectivity index (χ0) is 22.9. The lowest BCUT2D eigenvalue weighted by Gasteiger charge is -2.53. The van der Waals surface area contributed by atoms with Gasteiger partial charge in [0.05, 0.1) is 6.10 Å². The van der Waals surface area contributed by atoms with Crippen LogP contribution >= 0.6 is 34.8 Å². The van der Waals surface area contributed by atoms with E-state index in [9.17, 15) is 5.11 Å². The molecule has 1 aliphatic heterocycles. The smallest absolute Gasteiger partial charge is 0.265 e. The van der Waals surface area contributed by atoms with Crippen LogP contribution in [0.5, 0.6) is 0 Å². The van der Waals surface area contributed by atoms with Gasteiger partial charge in [0.1, 0.15) is 11.7 Å². The summed E-state index contributed by atoms with van der Waals surface area (Å²) in [4.78, 5) is 0. The Morgan fingerprint density at radius 2 is 1.52 bits per heavy atom. The number of aliphatic hydroxyl groups is 1. The fourth-order valence-corrected chi connectivity index (χ4v) is 10.6. The molecule has 0 aromatic heterocycles. The van der Waals surface area contributed by atoms with E-state index in [1.165, 1.54) is 7.11 Å². The third-order valence-electron chi connectivity index (χ3n) is 5.96. The first-order chi connectivity index (χ1) is 13.0. The molecule has 0 aromatic rings. The van der Waals surface area contributed by atoms with E-state index >= 15 is 0 Å². The third kappa shape index (κ3) is 5.61. The van der Waals surface area contributed by atoms with Crippen LogP contribution in [0.25, 0.3) is 0 Å². The van der Waals surface area contributed by atoms with Crippen molar-refractivity contribution in [1.29, 1.82) is 5.41 Å². The second kappa shape index (κ2) is 9.90. The number of alkyl halides is 3. The zero-order valence-corrected chi connectivity index (χ0v) is 22.0. The van der Waals surface area contributed by atoms with Gasteiger partial charge in [0.2, 0.25) is 20.5 Å². The zero-order valence-electron chi connectivity index (χ0n) is 18.8. The van der Waals surface area contributed by atoms with Crippen molar-refractivity contribution in [3.63, 3.8) is 0 Å². The summed E-state index contributed by atoms with van der Waals surface area (Å²) in [6.45, 7) is 16.5. The van der Waals surface area contributed by atoms with Crippen molar-refractivity contribution in [3.8, 4) is 0 Å². The van der Waals surface area contributed by atoms with Gasteiger partial charge in [0.25, 0.3) is 3.79 Å². The van der Waals surface area contributed by atoms with Crippen LogP contribution in [0.1, 0.15) is 55.4 Å². The van der Waals surface area contributed by atoms with E-state index < -0.39 is 48.2 Å². The molecule has 0 saturated carbocycles. The summed E-state index contributed by atoms with van der Waals surface area (Å²) in [5.74, 6) is -0.604. The Morgan fingerprint density at radius 3 is 1.86 bits per heavy atom. The maximum Gasteiger partial charge on any atom is 0.265 e. The quantitative estimate of drug-likeness (QED) is 0.214. The highest BCUT2D eigenvalue weighted by Crippen LogP contribution is 2.46. The Hall–Kier alpha value is 0.397. The molecule has 29 heavy (non-hydrogen) atoms. The van der Waals surface area contributed by atoms with E-state index in [-0.39, 0.29) is 0 Å². The summed E-state index contributed by atoms with van der Waals surface area (Å²) >= 11 is 17.2. The minimum Gasteiger partial charge on any atom is -0.445 e. The van der Waals surface area contributed by atoms with Gasteiger partial charge >= 0.3 is 0 Å². The minimum absolute atomic E-state index is 0.331. The Bertz CT molecular complexity index is 547. The first-order valence-corrected chi connectivity index (χ1v) is 13.2. The lowest BCUT2D eigenvalue weighted by atomic mass is 9.86. The Labute approximate surface area is 191 Å². The third-order valence-corrected chi connectivity index (χ3v) is 12.5. The van der Waals surface area contributed by atoms with Crippen molar-refractivity contribution in [2.24, 2.45) is 0 Å². The lowest BCUT2D eigenvalue weighted by molar-refractivity contribution is -0.307.